The summed E-state index contributed by atoms with van der Waals surface area (Å²) < 4.78 is 7.53. The number of rotatable bonds is 5. The average Bonchev–Trinajstić information content (AvgIpc) is 3.11. The van der Waals surface area contributed by atoms with Crippen LogP contribution in [0, 0.1) is 0 Å². The van der Waals surface area contributed by atoms with Crippen molar-refractivity contribution in [2.75, 3.05) is 18.2 Å². The first-order chi connectivity index (χ1) is 13.2. The van der Waals surface area contributed by atoms with Gasteiger partial charge in [0, 0.05) is 25.0 Å². The maximum absolute atomic E-state index is 5.78. The lowest BCUT2D eigenvalue weighted by molar-refractivity contribution is 0.408. The molecule has 0 radical (unpaired) electrons. The van der Waals surface area contributed by atoms with Crippen LogP contribution in [0.25, 0.3) is 11.0 Å². The number of aromatic nitrogens is 5. The maximum atomic E-state index is 5.78. The number of benzene rings is 1. The van der Waals surface area contributed by atoms with E-state index in [2.05, 4.69) is 25.3 Å². The summed E-state index contributed by atoms with van der Waals surface area (Å²) in [7, 11) is 3.61. The average molecular weight is 361 g/mol. The molecule has 8 heteroatoms. The van der Waals surface area contributed by atoms with E-state index in [9.17, 15) is 0 Å². The van der Waals surface area contributed by atoms with Gasteiger partial charge in [-0.05, 0) is 18.2 Å². The molecular formula is C19H19N7O. The van der Waals surface area contributed by atoms with Gasteiger partial charge in [0.15, 0.2) is 5.65 Å². The second kappa shape index (κ2) is 6.91. The number of hydrogen-bond donors (Lipinski definition) is 2. The topological polar surface area (TPSA) is 104 Å². The quantitative estimate of drug-likeness (QED) is 0.563. The number of ether oxygens (including phenoxy) is 1. The second-order valence-corrected chi connectivity index (χ2v) is 6.05. The molecule has 8 nitrogen and oxygen atoms in total. The van der Waals surface area contributed by atoms with Crippen molar-refractivity contribution in [3.05, 3.63) is 66.5 Å². The second-order valence-electron chi connectivity index (χ2n) is 6.05. The number of fused-ring (bicyclic) bond motifs is 1. The van der Waals surface area contributed by atoms with Crippen LogP contribution in [0.4, 0.5) is 11.6 Å². The van der Waals surface area contributed by atoms with Crippen molar-refractivity contribution in [1.82, 2.24) is 24.5 Å². The van der Waals surface area contributed by atoms with Crippen LogP contribution in [0.1, 0.15) is 17.4 Å². The van der Waals surface area contributed by atoms with E-state index >= 15 is 0 Å². The van der Waals surface area contributed by atoms with Gasteiger partial charge in [0.05, 0.1) is 12.5 Å². The Labute approximate surface area is 156 Å². The van der Waals surface area contributed by atoms with Crippen LogP contribution in [-0.4, -0.2) is 31.6 Å². The lowest BCUT2D eigenvalue weighted by Gasteiger charge is -2.22. The minimum atomic E-state index is -0.281. The standard InChI is InChI=1S/C19H19N7O/c1-26-10-9-21-19(26)16(12-5-3-4-6-14(12)27-2)25-18-13-7-8-15(20)24-17(13)22-11-23-18/h3-11,16H,1-2H3,(H3,20,22,23,24,25). The lowest BCUT2D eigenvalue weighted by Crippen LogP contribution is -2.18. The molecule has 1 atom stereocenters. The molecule has 0 amide bonds. The monoisotopic (exact) mass is 361 g/mol. The van der Waals surface area contributed by atoms with Gasteiger partial charge in [-0.2, -0.15) is 0 Å². The Hall–Kier alpha value is -3.68. The highest BCUT2D eigenvalue weighted by molar-refractivity contribution is 5.87. The third-order valence-electron chi connectivity index (χ3n) is 4.37. The number of aryl methyl sites for hydroxylation is 1. The van der Waals surface area contributed by atoms with Crippen LogP contribution in [0.2, 0.25) is 0 Å². The fraction of sp³-hybridized carbons (Fsp3) is 0.158. The van der Waals surface area contributed by atoms with Crippen LogP contribution >= 0.6 is 0 Å². The Bertz CT molecular complexity index is 1090. The van der Waals surface area contributed by atoms with E-state index in [-0.39, 0.29) is 6.04 Å². The molecule has 0 saturated heterocycles. The number of nitrogens with two attached hydrogens (primary N) is 1. The van der Waals surface area contributed by atoms with Crippen molar-refractivity contribution in [3.63, 3.8) is 0 Å². The van der Waals surface area contributed by atoms with Gasteiger partial charge in [-0.3, -0.25) is 0 Å². The summed E-state index contributed by atoms with van der Waals surface area (Å²) in [5.41, 5.74) is 7.26. The Morgan fingerprint density at radius 1 is 1.11 bits per heavy atom. The zero-order chi connectivity index (χ0) is 18.8. The number of nitrogens with one attached hydrogen (secondary N) is 1. The van der Waals surface area contributed by atoms with E-state index in [1.165, 1.54) is 6.33 Å². The van der Waals surface area contributed by atoms with Crippen molar-refractivity contribution in [2.24, 2.45) is 7.05 Å². The van der Waals surface area contributed by atoms with Crippen LogP contribution in [-0.2, 0) is 7.05 Å². The van der Waals surface area contributed by atoms with E-state index < -0.39 is 0 Å². The zero-order valence-electron chi connectivity index (χ0n) is 15.0. The molecule has 0 bridgehead atoms. The van der Waals surface area contributed by atoms with Crippen molar-refractivity contribution in [3.8, 4) is 5.75 Å². The van der Waals surface area contributed by atoms with Gasteiger partial charge >= 0.3 is 0 Å². The minimum absolute atomic E-state index is 0.281. The Balaban J connectivity index is 1.85. The van der Waals surface area contributed by atoms with Gasteiger partial charge in [0.2, 0.25) is 0 Å². The molecule has 136 valence electrons. The lowest BCUT2D eigenvalue weighted by atomic mass is 10.0. The highest BCUT2D eigenvalue weighted by atomic mass is 16.5. The molecule has 4 rings (SSSR count). The van der Waals surface area contributed by atoms with Crippen LogP contribution in [0.15, 0.2) is 55.1 Å². The highest BCUT2D eigenvalue weighted by Crippen LogP contribution is 2.33. The van der Waals surface area contributed by atoms with E-state index in [1.54, 1.807) is 19.4 Å². The van der Waals surface area contributed by atoms with Crippen molar-refractivity contribution in [2.45, 2.75) is 6.04 Å². The molecule has 1 aromatic carbocycles. The van der Waals surface area contributed by atoms with Crippen LogP contribution in [0.5, 0.6) is 5.75 Å². The fourth-order valence-electron chi connectivity index (χ4n) is 3.05. The fourth-order valence-corrected chi connectivity index (χ4v) is 3.05. The molecule has 0 spiro atoms. The largest absolute Gasteiger partial charge is 0.496 e. The molecule has 4 aromatic rings. The number of para-hydroxylation sites is 1. The maximum Gasteiger partial charge on any atom is 0.166 e. The summed E-state index contributed by atoms with van der Waals surface area (Å²) in [5.74, 6) is 2.65. The molecule has 0 aliphatic carbocycles. The van der Waals surface area contributed by atoms with Crippen LogP contribution < -0.4 is 15.8 Å². The first-order valence-electron chi connectivity index (χ1n) is 8.41. The molecule has 3 aromatic heterocycles. The molecule has 1 unspecified atom stereocenters. The van der Waals surface area contributed by atoms with Crippen molar-refractivity contribution >= 4 is 22.7 Å². The number of hydrogen-bond acceptors (Lipinski definition) is 7. The summed E-state index contributed by atoms with van der Waals surface area (Å²) in [6, 6.07) is 11.1. The van der Waals surface area contributed by atoms with Crippen molar-refractivity contribution < 1.29 is 4.74 Å². The summed E-state index contributed by atoms with van der Waals surface area (Å²) in [6.45, 7) is 0. The van der Waals surface area contributed by atoms with Gasteiger partial charge in [0.25, 0.3) is 0 Å². The third kappa shape index (κ3) is 3.12. The smallest absolute Gasteiger partial charge is 0.166 e. The molecule has 0 aliphatic rings. The molecule has 3 heterocycles. The first kappa shape index (κ1) is 16.8. The minimum Gasteiger partial charge on any atom is -0.496 e. The van der Waals surface area contributed by atoms with Gasteiger partial charge in [0.1, 0.15) is 35.6 Å². The predicted molar refractivity (Wildman–Crippen MR) is 103 cm³/mol. The third-order valence-corrected chi connectivity index (χ3v) is 4.37. The molecule has 0 saturated carbocycles. The summed E-state index contributed by atoms with van der Waals surface area (Å²) in [6.07, 6.45) is 5.13. The number of nitrogen functional groups attached to an aromatic ring is 1. The molecule has 3 N–H and O–H groups in total. The van der Waals surface area contributed by atoms with Crippen LogP contribution in [0.3, 0.4) is 0 Å². The zero-order valence-corrected chi connectivity index (χ0v) is 15.0. The number of methoxy groups -OCH3 is 1. The van der Waals surface area contributed by atoms with Gasteiger partial charge in [-0.15, -0.1) is 0 Å². The van der Waals surface area contributed by atoms with E-state index in [1.807, 2.05) is 48.1 Å². The van der Waals surface area contributed by atoms with Gasteiger partial charge in [-0.25, -0.2) is 19.9 Å². The summed E-state index contributed by atoms with van der Waals surface area (Å²) in [4.78, 5) is 17.4. The Morgan fingerprint density at radius 3 is 2.74 bits per heavy atom. The molecule has 0 aliphatic heterocycles. The van der Waals surface area contributed by atoms with E-state index in [0.717, 1.165) is 22.5 Å². The Kier molecular flexibility index (Phi) is 4.29. The molecule has 27 heavy (non-hydrogen) atoms. The summed E-state index contributed by atoms with van der Waals surface area (Å²) >= 11 is 0. The molecular weight excluding hydrogens is 342 g/mol. The van der Waals surface area contributed by atoms with E-state index in [0.29, 0.717) is 17.3 Å². The number of nitrogens with zero attached hydrogens (tertiary/aromatic N) is 5. The number of pyridine rings is 1. The van der Waals surface area contributed by atoms with E-state index in [4.69, 9.17) is 10.5 Å². The van der Waals surface area contributed by atoms with Gasteiger partial charge < -0.3 is 20.4 Å². The number of anilines is 2. The first-order valence-corrected chi connectivity index (χ1v) is 8.41. The number of imidazole rings is 1. The highest BCUT2D eigenvalue weighted by Gasteiger charge is 2.23. The normalized spacial score (nSPS) is 12.1. The summed E-state index contributed by atoms with van der Waals surface area (Å²) in [5, 5.41) is 4.26. The van der Waals surface area contributed by atoms with Crippen molar-refractivity contribution in [1.29, 1.82) is 0 Å². The molecule has 0 fully saturated rings. The van der Waals surface area contributed by atoms with Gasteiger partial charge in [-0.1, -0.05) is 18.2 Å². The predicted octanol–water partition coefficient (Wildman–Crippen LogP) is 2.55. The Morgan fingerprint density at radius 2 is 1.96 bits per heavy atom. The SMILES string of the molecule is COc1ccccc1C(Nc1ncnc2nc(N)ccc12)c1nccn1C.